The molecule has 1 aromatic carbocycles. The fourth-order valence-electron chi connectivity index (χ4n) is 0.986. The fraction of sp³-hybridized carbons (Fsp3) is 0.200. The lowest BCUT2D eigenvalue weighted by Crippen LogP contribution is -2.03. The maximum atomic E-state index is 5.47. The Morgan fingerprint density at radius 3 is 2.42 bits per heavy atom. The van der Waals surface area contributed by atoms with Crippen molar-refractivity contribution in [3.63, 3.8) is 0 Å². The van der Waals surface area contributed by atoms with Crippen molar-refractivity contribution < 1.29 is 0 Å². The normalized spacial score (nSPS) is 9.50. The van der Waals surface area contributed by atoms with Gasteiger partial charge < -0.3 is 11.1 Å². The van der Waals surface area contributed by atoms with Crippen LogP contribution in [-0.4, -0.2) is 7.05 Å². The number of rotatable bonds is 3. The van der Waals surface area contributed by atoms with Crippen molar-refractivity contribution in [1.82, 2.24) is 5.32 Å². The van der Waals surface area contributed by atoms with Gasteiger partial charge in [0.1, 0.15) is 0 Å². The van der Waals surface area contributed by atoms with Gasteiger partial charge in [0, 0.05) is 19.3 Å². The minimum atomic E-state index is 0.590. The van der Waals surface area contributed by atoms with Crippen molar-refractivity contribution in [2.45, 2.75) is 6.54 Å². The summed E-state index contributed by atoms with van der Waals surface area (Å²) in [5, 5.41) is 2.99. The maximum absolute atomic E-state index is 5.47. The molecule has 2 heteroatoms. The van der Waals surface area contributed by atoms with E-state index in [1.165, 1.54) is 0 Å². The van der Waals surface area contributed by atoms with Crippen molar-refractivity contribution in [3.05, 3.63) is 42.0 Å². The van der Waals surface area contributed by atoms with Gasteiger partial charge in [0.05, 0.1) is 0 Å². The number of nitrogens with two attached hydrogens (primary N) is 1. The van der Waals surface area contributed by atoms with Gasteiger partial charge in [0.15, 0.2) is 0 Å². The van der Waals surface area contributed by atoms with E-state index in [4.69, 9.17) is 5.73 Å². The van der Waals surface area contributed by atoms with Gasteiger partial charge in [-0.25, -0.2) is 0 Å². The zero-order valence-electron chi connectivity index (χ0n) is 7.30. The first-order chi connectivity index (χ1) is 5.77. The molecule has 0 heterocycles. The maximum Gasteiger partial charge on any atom is 0.0338 e. The van der Waals surface area contributed by atoms with E-state index in [2.05, 4.69) is 11.9 Å². The van der Waals surface area contributed by atoms with Crippen LogP contribution in [0.15, 0.2) is 30.8 Å². The van der Waals surface area contributed by atoms with Crippen molar-refractivity contribution in [3.8, 4) is 0 Å². The first-order valence-electron chi connectivity index (χ1n) is 3.94. The second-order valence-corrected chi connectivity index (χ2v) is 2.63. The second-order valence-electron chi connectivity index (χ2n) is 2.63. The third-order valence-corrected chi connectivity index (χ3v) is 1.84. The lowest BCUT2D eigenvalue weighted by molar-refractivity contribution is 1.07. The molecule has 1 rings (SSSR count). The van der Waals surface area contributed by atoms with Crippen molar-refractivity contribution in [1.29, 1.82) is 0 Å². The molecule has 0 unspecified atom stereocenters. The van der Waals surface area contributed by atoms with E-state index in [-0.39, 0.29) is 0 Å². The molecule has 0 atom stereocenters. The standard InChI is InChI=1S/C10H14N2/c1-8(12-2)10-5-3-9(7-11)4-6-10/h3-6,12H,1,7,11H2,2H3. The molecule has 0 spiro atoms. The molecular weight excluding hydrogens is 148 g/mol. The average molecular weight is 162 g/mol. The molecule has 0 amide bonds. The topological polar surface area (TPSA) is 38.0 Å². The van der Waals surface area contributed by atoms with E-state index >= 15 is 0 Å². The van der Waals surface area contributed by atoms with E-state index in [0.29, 0.717) is 6.54 Å². The second kappa shape index (κ2) is 3.93. The molecule has 0 bridgehead atoms. The highest BCUT2D eigenvalue weighted by atomic mass is 14.8. The Morgan fingerprint density at radius 1 is 1.42 bits per heavy atom. The molecule has 2 nitrogen and oxygen atoms in total. The van der Waals surface area contributed by atoms with Gasteiger partial charge >= 0.3 is 0 Å². The van der Waals surface area contributed by atoms with Crippen LogP contribution in [0, 0.1) is 0 Å². The first-order valence-corrected chi connectivity index (χ1v) is 3.94. The number of hydrogen-bond acceptors (Lipinski definition) is 2. The summed E-state index contributed by atoms with van der Waals surface area (Å²) >= 11 is 0. The van der Waals surface area contributed by atoms with Crippen molar-refractivity contribution in [2.75, 3.05) is 7.05 Å². The highest BCUT2D eigenvalue weighted by Gasteiger charge is 1.94. The summed E-state index contributed by atoms with van der Waals surface area (Å²) < 4.78 is 0. The minimum Gasteiger partial charge on any atom is -0.388 e. The highest BCUT2D eigenvalue weighted by Crippen LogP contribution is 2.09. The van der Waals surface area contributed by atoms with E-state index < -0.39 is 0 Å². The van der Waals surface area contributed by atoms with E-state index in [0.717, 1.165) is 16.8 Å². The van der Waals surface area contributed by atoms with E-state index in [1.54, 1.807) is 0 Å². The molecule has 0 radical (unpaired) electrons. The summed E-state index contributed by atoms with van der Waals surface area (Å²) in [5.41, 5.74) is 8.65. The van der Waals surface area contributed by atoms with Gasteiger partial charge in [-0.15, -0.1) is 0 Å². The van der Waals surface area contributed by atoms with Crippen LogP contribution in [0.1, 0.15) is 11.1 Å². The average Bonchev–Trinajstić information content (AvgIpc) is 2.17. The van der Waals surface area contributed by atoms with E-state index in [9.17, 15) is 0 Å². The van der Waals surface area contributed by atoms with Gasteiger partial charge in [0.25, 0.3) is 0 Å². The molecule has 64 valence electrons. The Bertz CT molecular complexity index is 262. The first kappa shape index (κ1) is 8.81. The van der Waals surface area contributed by atoms with Crippen LogP contribution in [0.5, 0.6) is 0 Å². The van der Waals surface area contributed by atoms with Crippen molar-refractivity contribution >= 4 is 5.70 Å². The van der Waals surface area contributed by atoms with Gasteiger partial charge in [-0.3, -0.25) is 0 Å². The molecule has 1 aromatic rings. The summed E-state index contributed by atoms with van der Waals surface area (Å²) in [7, 11) is 1.86. The van der Waals surface area contributed by atoms with Gasteiger partial charge in [0.2, 0.25) is 0 Å². The molecule has 0 aliphatic rings. The smallest absolute Gasteiger partial charge is 0.0338 e. The summed E-state index contributed by atoms with van der Waals surface area (Å²) in [5.74, 6) is 0. The molecule has 0 fully saturated rings. The van der Waals surface area contributed by atoms with Gasteiger partial charge in [-0.05, 0) is 11.1 Å². The third-order valence-electron chi connectivity index (χ3n) is 1.84. The van der Waals surface area contributed by atoms with Crippen LogP contribution < -0.4 is 11.1 Å². The molecule has 0 saturated heterocycles. The zero-order valence-corrected chi connectivity index (χ0v) is 7.30. The number of hydrogen-bond donors (Lipinski definition) is 2. The monoisotopic (exact) mass is 162 g/mol. The third kappa shape index (κ3) is 1.86. The Kier molecular flexibility index (Phi) is 2.88. The predicted molar refractivity (Wildman–Crippen MR) is 52.4 cm³/mol. The van der Waals surface area contributed by atoms with Crippen LogP contribution in [0.3, 0.4) is 0 Å². The Morgan fingerprint density at radius 2 is 2.00 bits per heavy atom. The van der Waals surface area contributed by atoms with Crippen LogP contribution in [0.25, 0.3) is 5.70 Å². The zero-order chi connectivity index (χ0) is 8.97. The molecule has 12 heavy (non-hydrogen) atoms. The summed E-state index contributed by atoms with van der Waals surface area (Å²) in [6.45, 7) is 4.45. The lowest BCUT2D eigenvalue weighted by Gasteiger charge is -2.04. The predicted octanol–water partition coefficient (Wildman–Crippen LogP) is 1.34. The Balaban J connectivity index is 2.84. The van der Waals surface area contributed by atoms with Crippen LogP contribution in [0.2, 0.25) is 0 Å². The van der Waals surface area contributed by atoms with Crippen LogP contribution >= 0.6 is 0 Å². The summed E-state index contributed by atoms with van der Waals surface area (Å²) in [6, 6.07) is 8.05. The van der Waals surface area contributed by atoms with Gasteiger partial charge in [-0.2, -0.15) is 0 Å². The van der Waals surface area contributed by atoms with E-state index in [1.807, 2.05) is 31.3 Å². The van der Waals surface area contributed by atoms with Gasteiger partial charge in [-0.1, -0.05) is 30.8 Å². The largest absolute Gasteiger partial charge is 0.388 e. The molecule has 0 aliphatic carbocycles. The summed E-state index contributed by atoms with van der Waals surface area (Å²) in [4.78, 5) is 0. The Labute approximate surface area is 73.1 Å². The highest BCUT2D eigenvalue weighted by molar-refractivity contribution is 5.61. The quantitative estimate of drug-likeness (QED) is 0.703. The SMILES string of the molecule is C=C(NC)c1ccc(CN)cc1. The minimum absolute atomic E-state index is 0.590. The van der Waals surface area contributed by atoms with Crippen molar-refractivity contribution in [2.24, 2.45) is 5.73 Å². The summed E-state index contributed by atoms with van der Waals surface area (Å²) in [6.07, 6.45) is 0. The number of benzene rings is 1. The fourth-order valence-corrected chi connectivity index (χ4v) is 0.986. The molecule has 3 N–H and O–H groups in total. The number of nitrogens with one attached hydrogen (secondary N) is 1. The lowest BCUT2D eigenvalue weighted by atomic mass is 10.1. The molecule has 0 saturated carbocycles. The molecule has 0 aromatic heterocycles. The molecule has 0 aliphatic heterocycles. The van der Waals surface area contributed by atoms with Crippen LogP contribution in [-0.2, 0) is 6.54 Å². The Hall–Kier alpha value is -1.28. The molecular formula is C10H14N2. The van der Waals surface area contributed by atoms with Crippen LogP contribution in [0.4, 0.5) is 0 Å².